The zero-order valence-corrected chi connectivity index (χ0v) is 21.8. The molecule has 0 amide bonds. The summed E-state index contributed by atoms with van der Waals surface area (Å²) in [5.41, 5.74) is 7.41. The van der Waals surface area contributed by atoms with Crippen molar-refractivity contribution in [3.05, 3.63) is 70.8 Å². The number of aromatic nitrogens is 1. The van der Waals surface area contributed by atoms with Gasteiger partial charge in [0.15, 0.2) is 17.2 Å². The predicted octanol–water partition coefficient (Wildman–Crippen LogP) is 4.90. The molecule has 3 aromatic carbocycles. The van der Waals surface area contributed by atoms with Gasteiger partial charge in [-0.2, -0.15) is 4.89 Å². The first-order chi connectivity index (χ1) is 18.6. The van der Waals surface area contributed by atoms with E-state index in [4.69, 9.17) is 28.8 Å². The molecule has 1 aliphatic carbocycles. The van der Waals surface area contributed by atoms with Crippen LogP contribution in [0.2, 0.25) is 0 Å². The monoisotopic (exact) mass is 515 g/mol. The van der Waals surface area contributed by atoms with Crippen LogP contribution in [0, 0.1) is 0 Å². The summed E-state index contributed by atoms with van der Waals surface area (Å²) in [6.45, 7) is 2.15. The van der Waals surface area contributed by atoms with Crippen molar-refractivity contribution in [2.24, 2.45) is 5.16 Å². The Morgan fingerprint density at radius 1 is 0.974 bits per heavy atom. The number of fused-ring (bicyclic) bond motifs is 6. The molecule has 0 radical (unpaired) electrons. The Balaban J connectivity index is 1.39. The molecule has 1 aliphatic heterocycles. The van der Waals surface area contributed by atoms with Gasteiger partial charge >= 0.3 is 0 Å². The Kier molecular flexibility index (Phi) is 6.30. The van der Waals surface area contributed by atoms with Crippen LogP contribution in [0.5, 0.6) is 23.0 Å². The number of methoxy groups -OCH3 is 2. The number of benzene rings is 3. The molecular weight excluding hydrogens is 486 g/mol. The lowest BCUT2D eigenvalue weighted by Gasteiger charge is -2.12. The number of aromatic amines is 1. The predicted molar refractivity (Wildman–Crippen MR) is 143 cm³/mol. The van der Waals surface area contributed by atoms with Crippen molar-refractivity contribution in [2.75, 3.05) is 41.5 Å². The van der Waals surface area contributed by atoms with Crippen LogP contribution in [0.1, 0.15) is 22.3 Å². The number of hydrogen-bond donors (Lipinski definition) is 1. The van der Waals surface area contributed by atoms with Gasteiger partial charge in [-0.05, 0) is 56.1 Å². The van der Waals surface area contributed by atoms with E-state index in [0.717, 1.165) is 56.7 Å². The molecule has 0 unspecified atom stereocenters. The van der Waals surface area contributed by atoms with Crippen molar-refractivity contribution in [3.8, 4) is 34.3 Å². The second kappa shape index (κ2) is 9.92. The molecule has 38 heavy (non-hydrogen) atoms. The molecule has 0 bridgehead atoms. The van der Waals surface area contributed by atoms with Crippen LogP contribution in [0.15, 0.2) is 53.7 Å². The third kappa shape index (κ3) is 4.29. The van der Waals surface area contributed by atoms with Crippen LogP contribution in [-0.2, 0) is 22.9 Å². The van der Waals surface area contributed by atoms with Gasteiger partial charge in [0.2, 0.25) is 0 Å². The fourth-order valence-corrected chi connectivity index (χ4v) is 4.78. The standard InChI is InChI=1S/C29H29N3O6/c1-32(2)9-10-35-19-7-8-23-22(12-19)27-28(30-23)20-13-25(33-3)26(34-4)14-21(20)29(27)31-36-15-17-5-6-18-16-37-38-24(18)11-17/h5-8,11-14,30H,9-10,15-16H2,1-4H3/b31-29-. The molecule has 2 aliphatic rings. The minimum Gasteiger partial charge on any atom is -0.493 e. The first-order valence-corrected chi connectivity index (χ1v) is 12.4. The molecule has 0 saturated carbocycles. The molecule has 4 aromatic rings. The average molecular weight is 516 g/mol. The molecule has 1 N–H and O–H groups in total. The van der Waals surface area contributed by atoms with Crippen LogP contribution in [0.25, 0.3) is 22.2 Å². The minimum atomic E-state index is 0.277. The van der Waals surface area contributed by atoms with Gasteiger partial charge < -0.3 is 33.8 Å². The topological polar surface area (TPSA) is 86.8 Å². The molecule has 0 saturated heterocycles. The molecular formula is C29H29N3O6. The summed E-state index contributed by atoms with van der Waals surface area (Å²) < 4.78 is 17.2. The molecule has 0 spiro atoms. The van der Waals surface area contributed by atoms with Crippen LogP contribution >= 0.6 is 0 Å². The molecule has 9 heteroatoms. The third-order valence-electron chi connectivity index (χ3n) is 6.74. The van der Waals surface area contributed by atoms with Gasteiger partial charge in [-0.3, -0.25) is 0 Å². The molecule has 6 rings (SSSR count). The quantitative estimate of drug-likeness (QED) is 0.221. The number of rotatable bonds is 9. The van der Waals surface area contributed by atoms with Crippen molar-refractivity contribution in [2.45, 2.75) is 13.2 Å². The third-order valence-corrected chi connectivity index (χ3v) is 6.74. The van der Waals surface area contributed by atoms with Crippen molar-refractivity contribution in [1.29, 1.82) is 0 Å². The van der Waals surface area contributed by atoms with Crippen molar-refractivity contribution < 1.29 is 28.8 Å². The van der Waals surface area contributed by atoms with Gasteiger partial charge in [0.1, 0.15) is 31.3 Å². The van der Waals surface area contributed by atoms with E-state index >= 15 is 0 Å². The van der Waals surface area contributed by atoms with Crippen molar-refractivity contribution in [1.82, 2.24) is 9.88 Å². The highest BCUT2D eigenvalue weighted by atomic mass is 17.2. The van der Waals surface area contributed by atoms with E-state index in [-0.39, 0.29) is 6.61 Å². The van der Waals surface area contributed by atoms with Gasteiger partial charge in [-0.1, -0.05) is 17.3 Å². The number of nitrogens with one attached hydrogen (secondary N) is 1. The zero-order chi connectivity index (χ0) is 26.2. The Hall–Kier alpha value is -4.21. The maximum atomic E-state index is 6.03. The van der Waals surface area contributed by atoms with Gasteiger partial charge in [0.05, 0.1) is 19.9 Å². The maximum absolute atomic E-state index is 6.03. The Morgan fingerprint density at radius 3 is 2.58 bits per heavy atom. The van der Waals surface area contributed by atoms with E-state index < -0.39 is 0 Å². The largest absolute Gasteiger partial charge is 0.493 e. The number of likely N-dealkylation sites (N-methyl/N-ethyl adjacent to an activating group) is 1. The van der Waals surface area contributed by atoms with Gasteiger partial charge in [0, 0.05) is 39.7 Å². The summed E-state index contributed by atoms with van der Waals surface area (Å²) in [4.78, 5) is 21.8. The Labute approximate surface area is 220 Å². The summed E-state index contributed by atoms with van der Waals surface area (Å²) in [6.07, 6.45) is 0. The number of H-pyrrole nitrogens is 1. The summed E-state index contributed by atoms with van der Waals surface area (Å²) in [5, 5.41) is 5.65. The summed E-state index contributed by atoms with van der Waals surface area (Å²) in [5.74, 6) is 2.78. The first-order valence-electron chi connectivity index (χ1n) is 12.4. The number of oxime groups is 1. The number of ether oxygens (including phenoxy) is 3. The fraction of sp³-hybridized carbons (Fsp3) is 0.276. The van der Waals surface area contributed by atoms with Crippen LogP contribution in [0.3, 0.4) is 0 Å². The van der Waals surface area contributed by atoms with Gasteiger partial charge in [0.25, 0.3) is 0 Å². The molecule has 9 nitrogen and oxygen atoms in total. The lowest BCUT2D eigenvalue weighted by Crippen LogP contribution is -2.19. The first kappa shape index (κ1) is 24.1. The summed E-state index contributed by atoms with van der Waals surface area (Å²) in [7, 11) is 7.31. The second-order valence-corrected chi connectivity index (χ2v) is 9.49. The molecule has 0 fully saturated rings. The Bertz CT molecular complexity index is 1540. The molecule has 196 valence electrons. The van der Waals surface area contributed by atoms with Crippen molar-refractivity contribution in [3.63, 3.8) is 0 Å². The van der Waals surface area contributed by atoms with Crippen LogP contribution < -0.4 is 19.1 Å². The van der Waals surface area contributed by atoms with E-state index in [1.54, 1.807) is 14.2 Å². The lowest BCUT2D eigenvalue weighted by atomic mass is 10.1. The molecule has 0 atom stereocenters. The lowest BCUT2D eigenvalue weighted by molar-refractivity contribution is -0.194. The van der Waals surface area contributed by atoms with E-state index in [0.29, 0.717) is 36.2 Å². The maximum Gasteiger partial charge on any atom is 0.171 e. The Morgan fingerprint density at radius 2 is 1.79 bits per heavy atom. The highest BCUT2D eigenvalue weighted by molar-refractivity contribution is 6.30. The molecule has 1 aromatic heterocycles. The smallest absolute Gasteiger partial charge is 0.171 e. The summed E-state index contributed by atoms with van der Waals surface area (Å²) in [6, 6.07) is 15.8. The van der Waals surface area contributed by atoms with E-state index in [1.807, 2.05) is 62.6 Å². The van der Waals surface area contributed by atoms with Crippen LogP contribution in [-0.4, -0.2) is 57.1 Å². The highest BCUT2D eigenvalue weighted by Gasteiger charge is 2.32. The van der Waals surface area contributed by atoms with Crippen molar-refractivity contribution >= 4 is 16.6 Å². The molecule has 2 heterocycles. The zero-order valence-electron chi connectivity index (χ0n) is 21.8. The van der Waals surface area contributed by atoms with E-state index in [1.165, 1.54) is 0 Å². The second-order valence-electron chi connectivity index (χ2n) is 9.49. The summed E-state index contributed by atoms with van der Waals surface area (Å²) >= 11 is 0. The van der Waals surface area contributed by atoms with Gasteiger partial charge in [-0.15, -0.1) is 0 Å². The van der Waals surface area contributed by atoms with Crippen LogP contribution in [0.4, 0.5) is 0 Å². The van der Waals surface area contributed by atoms with E-state index in [2.05, 4.69) is 15.0 Å². The number of nitrogens with zero attached hydrogens (tertiary/aromatic N) is 2. The normalized spacial score (nSPS) is 14.4. The SMILES string of the molecule is COc1cc2c(cc1OC)-c1[nH]c3ccc(OCCN(C)C)cc3c1/C2=N\OCc1ccc2c(c1)OOC2. The fourth-order valence-electron chi connectivity index (χ4n) is 4.78. The van der Waals surface area contributed by atoms with Gasteiger partial charge in [-0.25, -0.2) is 0 Å². The minimum absolute atomic E-state index is 0.277. The van der Waals surface area contributed by atoms with E-state index in [9.17, 15) is 0 Å². The average Bonchev–Trinajstić information content (AvgIpc) is 3.61. The number of hydrogen-bond acceptors (Lipinski definition) is 8. The highest BCUT2D eigenvalue weighted by Crippen LogP contribution is 2.46.